The predicted octanol–water partition coefficient (Wildman–Crippen LogP) is 3.74. The lowest BCUT2D eigenvalue weighted by Crippen LogP contribution is -2.12. The smallest absolute Gasteiger partial charge is 0.337 e. The highest BCUT2D eigenvalue weighted by Crippen LogP contribution is 2.19. The Hall–Kier alpha value is -4.18. The van der Waals surface area contributed by atoms with Crippen molar-refractivity contribution < 1.29 is 14.3 Å². The lowest BCUT2D eigenvalue weighted by molar-refractivity contribution is 0.0600. The van der Waals surface area contributed by atoms with E-state index in [-0.39, 0.29) is 5.91 Å². The first-order valence-corrected chi connectivity index (χ1v) is 8.31. The second kappa shape index (κ2) is 8.47. The number of nitrogens with zero attached hydrogens (tertiary/aromatic N) is 2. The summed E-state index contributed by atoms with van der Waals surface area (Å²) in [5.41, 5.74) is 3.16. The van der Waals surface area contributed by atoms with Gasteiger partial charge in [0.25, 0.3) is 5.91 Å². The first kappa shape index (κ1) is 18.6. The third-order valence-corrected chi connectivity index (χ3v) is 3.84. The van der Waals surface area contributed by atoms with Gasteiger partial charge in [-0.25, -0.2) is 4.79 Å². The summed E-state index contributed by atoms with van der Waals surface area (Å²) in [6, 6.07) is 17.1. The zero-order valence-electron chi connectivity index (χ0n) is 15.0. The highest BCUT2D eigenvalue weighted by atomic mass is 16.5. The summed E-state index contributed by atoms with van der Waals surface area (Å²) in [4.78, 5) is 28.0. The van der Waals surface area contributed by atoms with Crippen molar-refractivity contribution in [3.63, 3.8) is 0 Å². The van der Waals surface area contributed by atoms with E-state index in [9.17, 15) is 9.59 Å². The molecule has 0 spiro atoms. The summed E-state index contributed by atoms with van der Waals surface area (Å²) in [5.74, 6) is -0.783. The van der Waals surface area contributed by atoms with Crippen LogP contribution in [0, 0.1) is 11.3 Å². The van der Waals surface area contributed by atoms with Gasteiger partial charge >= 0.3 is 5.97 Å². The van der Waals surface area contributed by atoms with Crippen LogP contribution in [-0.2, 0) is 4.74 Å². The van der Waals surface area contributed by atoms with Gasteiger partial charge in [0.05, 0.1) is 41.8 Å². The zero-order valence-corrected chi connectivity index (χ0v) is 15.0. The average Bonchev–Trinajstić information content (AvgIpc) is 2.74. The average molecular weight is 372 g/mol. The number of aromatic nitrogens is 1. The molecule has 0 fully saturated rings. The van der Waals surface area contributed by atoms with Crippen molar-refractivity contribution in [1.82, 2.24) is 4.98 Å². The third-order valence-electron chi connectivity index (χ3n) is 3.84. The molecule has 0 radical (unpaired) electrons. The molecule has 0 atom stereocenters. The molecular weight excluding hydrogens is 356 g/mol. The second-order valence-corrected chi connectivity index (χ2v) is 5.80. The summed E-state index contributed by atoms with van der Waals surface area (Å²) >= 11 is 0. The van der Waals surface area contributed by atoms with E-state index in [1.165, 1.54) is 13.3 Å². The van der Waals surface area contributed by atoms with E-state index in [2.05, 4.69) is 26.4 Å². The van der Waals surface area contributed by atoms with Crippen molar-refractivity contribution in [3.8, 4) is 6.07 Å². The Morgan fingerprint density at radius 2 is 1.75 bits per heavy atom. The van der Waals surface area contributed by atoms with E-state index in [1.54, 1.807) is 54.7 Å². The van der Waals surface area contributed by atoms with Crippen molar-refractivity contribution in [2.75, 3.05) is 17.7 Å². The van der Waals surface area contributed by atoms with E-state index in [0.29, 0.717) is 28.1 Å². The number of hydrogen-bond acceptors (Lipinski definition) is 6. The number of amides is 1. The van der Waals surface area contributed by atoms with Gasteiger partial charge in [0.15, 0.2) is 0 Å². The van der Waals surface area contributed by atoms with Crippen LogP contribution >= 0.6 is 0 Å². The van der Waals surface area contributed by atoms with E-state index in [1.807, 2.05) is 6.07 Å². The number of rotatable bonds is 5. The molecule has 7 nitrogen and oxygen atoms in total. The monoisotopic (exact) mass is 372 g/mol. The molecule has 2 aromatic carbocycles. The predicted molar refractivity (Wildman–Crippen MR) is 104 cm³/mol. The van der Waals surface area contributed by atoms with Gasteiger partial charge in [0.1, 0.15) is 0 Å². The number of ether oxygens (including phenoxy) is 1. The number of anilines is 3. The van der Waals surface area contributed by atoms with E-state index < -0.39 is 5.97 Å². The van der Waals surface area contributed by atoms with Crippen LogP contribution in [0.4, 0.5) is 17.1 Å². The zero-order chi connectivity index (χ0) is 19.9. The quantitative estimate of drug-likeness (QED) is 0.661. The summed E-state index contributed by atoms with van der Waals surface area (Å²) < 4.78 is 4.64. The van der Waals surface area contributed by atoms with E-state index >= 15 is 0 Å². The third kappa shape index (κ3) is 4.51. The van der Waals surface area contributed by atoms with Crippen LogP contribution in [-0.4, -0.2) is 24.0 Å². The number of nitriles is 1. The number of esters is 1. The van der Waals surface area contributed by atoms with Gasteiger partial charge < -0.3 is 15.4 Å². The molecule has 0 bridgehead atoms. The first-order valence-electron chi connectivity index (χ1n) is 8.31. The largest absolute Gasteiger partial charge is 0.465 e. The van der Waals surface area contributed by atoms with Crippen LogP contribution in [0.1, 0.15) is 26.3 Å². The maximum absolute atomic E-state index is 12.5. The van der Waals surface area contributed by atoms with E-state index in [4.69, 9.17) is 5.26 Å². The van der Waals surface area contributed by atoms with Crippen LogP contribution in [0.5, 0.6) is 0 Å². The van der Waals surface area contributed by atoms with Crippen molar-refractivity contribution in [2.45, 2.75) is 0 Å². The van der Waals surface area contributed by atoms with Gasteiger partial charge in [-0.15, -0.1) is 0 Å². The maximum atomic E-state index is 12.5. The van der Waals surface area contributed by atoms with Gasteiger partial charge in [-0.1, -0.05) is 6.07 Å². The van der Waals surface area contributed by atoms with Gasteiger partial charge in [-0.05, 0) is 48.5 Å². The lowest BCUT2D eigenvalue weighted by atomic mass is 10.2. The van der Waals surface area contributed by atoms with E-state index in [0.717, 1.165) is 5.69 Å². The fourth-order valence-electron chi connectivity index (χ4n) is 2.48. The summed E-state index contributed by atoms with van der Waals surface area (Å²) in [6.45, 7) is 0. The Morgan fingerprint density at radius 1 is 0.964 bits per heavy atom. The van der Waals surface area contributed by atoms with Crippen LogP contribution in [0.2, 0.25) is 0 Å². The minimum Gasteiger partial charge on any atom is -0.465 e. The van der Waals surface area contributed by atoms with Crippen molar-refractivity contribution >= 4 is 28.9 Å². The topological polar surface area (TPSA) is 104 Å². The fraction of sp³-hybridized carbons (Fsp3) is 0.0476. The van der Waals surface area contributed by atoms with Crippen molar-refractivity contribution in [3.05, 3.63) is 83.7 Å². The van der Waals surface area contributed by atoms with Crippen LogP contribution in [0.15, 0.2) is 67.0 Å². The van der Waals surface area contributed by atoms with Crippen molar-refractivity contribution in [2.24, 2.45) is 0 Å². The van der Waals surface area contributed by atoms with Gasteiger partial charge in [-0.3, -0.25) is 9.78 Å². The molecule has 7 heteroatoms. The Balaban J connectivity index is 1.71. The standard InChI is InChI=1S/C21H16N4O3/c1-28-21(27)15-5-7-17(8-6-15)25-20(26)16-10-19(13-23-12-16)24-18-4-2-3-14(9-18)11-22/h2-10,12-13,24H,1H3,(H,25,26). The second-order valence-electron chi connectivity index (χ2n) is 5.80. The Kier molecular flexibility index (Phi) is 5.63. The van der Waals surface area contributed by atoms with Gasteiger partial charge in [-0.2, -0.15) is 5.26 Å². The molecule has 1 heterocycles. The SMILES string of the molecule is COC(=O)c1ccc(NC(=O)c2cncc(Nc3cccc(C#N)c3)c2)cc1. The molecule has 0 saturated carbocycles. The highest BCUT2D eigenvalue weighted by molar-refractivity contribution is 6.04. The molecule has 0 aliphatic heterocycles. The molecule has 0 aliphatic carbocycles. The van der Waals surface area contributed by atoms with Gasteiger partial charge in [0.2, 0.25) is 0 Å². The van der Waals surface area contributed by atoms with Crippen molar-refractivity contribution in [1.29, 1.82) is 5.26 Å². The Bertz CT molecular complexity index is 1060. The highest BCUT2D eigenvalue weighted by Gasteiger charge is 2.10. The van der Waals surface area contributed by atoms with Gasteiger partial charge in [0, 0.05) is 17.6 Å². The number of hydrogen-bond donors (Lipinski definition) is 2. The first-order chi connectivity index (χ1) is 13.6. The minimum atomic E-state index is -0.443. The number of nitrogens with one attached hydrogen (secondary N) is 2. The number of carbonyl (C=O) groups is 2. The number of benzene rings is 2. The number of carbonyl (C=O) groups excluding carboxylic acids is 2. The molecular formula is C21H16N4O3. The van der Waals surface area contributed by atoms with Crippen LogP contribution in [0.25, 0.3) is 0 Å². The molecule has 0 saturated heterocycles. The molecule has 3 rings (SSSR count). The van der Waals surface area contributed by atoms with Crippen LogP contribution < -0.4 is 10.6 Å². The summed E-state index contributed by atoms with van der Waals surface area (Å²) in [6.07, 6.45) is 3.04. The Labute approximate surface area is 161 Å². The molecule has 1 amide bonds. The minimum absolute atomic E-state index is 0.340. The fourth-order valence-corrected chi connectivity index (χ4v) is 2.48. The maximum Gasteiger partial charge on any atom is 0.337 e. The summed E-state index contributed by atoms with van der Waals surface area (Å²) in [5, 5.41) is 14.8. The number of methoxy groups -OCH3 is 1. The molecule has 3 aromatic rings. The van der Waals surface area contributed by atoms with Crippen LogP contribution in [0.3, 0.4) is 0 Å². The molecule has 2 N–H and O–H groups in total. The Morgan fingerprint density at radius 3 is 2.46 bits per heavy atom. The molecule has 28 heavy (non-hydrogen) atoms. The summed E-state index contributed by atoms with van der Waals surface area (Å²) in [7, 11) is 1.31. The normalized spacial score (nSPS) is 9.86. The molecule has 0 unspecified atom stereocenters. The molecule has 1 aromatic heterocycles. The molecule has 138 valence electrons. The number of pyridine rings is 1. The lowest BCUT2D eigenvalue weighted by Gasteiger charge is -2.09. The molecule has 0 aliphatic rings.